The molecule has 2 fully saturated rings. The first-order valence-corrected chi connectivity index (χ1v) is 14.5. The second-order valence-corrected chi connectivity index (χ2v) is 11.4. The standard InChI is InChI=1S/C28H37N5O3S/c1-16-12-24(37-4)23(27(34)31-16)13-30-28(35)25-18(3)33(26-22(25)6-5-11-29-26)17(2)19-7-9-20(10-8-19)32-21-14-36-15-21/h5-6,11-12,17,19-21,23,32H,7-10,13-15H2,1-4H3,(H,30,35)/t17-,19?,20?,23?/m1/s1. The SMILES string of the molecule is CSC1=CC(C)=NC(=O)C1CNC(=O)c1c(C)n([C@H](C)C2CCC(NC3COC3)CC2)c2ncccc12. The third kappa shape index (κ3) is 5.26. The number of aromatic nitrogens is 2. The van der Waals surface area contributed by atoms with Gasteiger partial charge in [0.15, 0.2) is 0 Å². The molecular formula is C28H37N5O3S. The van der Waals surface area contributed by atoms with Crippen LogP contribution in [0.15, 0.2) is 34.3 Å². The molecule has 5 rings (SSSR count). The Hall–Kier alpha value is -2.49. The molecule has 2 aromatic heterocycles. The monoisotopic (exact) mass is 523 g/mol. The number of allylic oxidation sites excluding steroid dienone is 1. The van der Waals surface area contributed by atoms with Crippen molar-refractivity contribution in [2.75, 3.05) is 26.0 Å². The van der Waals surface area contributed by atoms with E-state index in [1.807, 2.05) is 38.3 Å². The van der Waals surface area contributed by atoms with Crippen LogP contribution in [0.1, 0.15) is 61.6 Å². The van der Waals surface area contributed by atoms with E-state index in [2.05, 4.69) is 27.1 Å². The zero-order valence-electron chi connectivity index (χ0n) is 22.1. The number of rotatable bonds is 8. The highest BCUT2D eigenvalue weighted by molar-refractivity contribution is 8.02. The van der Waals surface area contributed by atoms with E-state index in [1.165, 1.54) is 11.8 Å². The fourth-order valence-corrected chi connectivity index (χ4v) is 6.83. The van der Waals surface area contributed by atoms with Gasteiger partial charge in [-0.3, -0.25) is 9.59 Å². The highest BCUT2D eigenvalue weighted by Gasteiger charge is 2.32. The topological polar surface area (TPSA) is 97.6 Å². The number of aliphatic imine (C=N–C) groups is 1. The maximum Gasteiger partial charge on any atom is 0.255 e. The first-order valence-electron chi connectivity index (χ1n) is 13.3. The molecule has 9 heteroatoms. The van der Waals surface area contributed by atoms with Crippen molar-refractivity contribution >= 4 is 40.3 Å². The lowest BCUT2D eigenvalue weighted by molar-refractivity contribution is -0.120. The molecule has 0 radical (unpaired) electrons. The molecule has 1 saturated carbocycles. The molecule has 3 aliphatic rings. The number of amides is 2. The lowest BCUT2D eigenvalue weighted by Gasteiger charge is -2.37. The van der Waals surface area contributed by atoms with Gasteiger partial charge >= 0.3 is 0 Å². The average molecular weight is 524 g/mol. The Kier molecular flexibility index (Phi) is 7.83. The summed E-state index contributed by atoms with van der Waals surface area (Å²) >= 11 is 1.53. The molecule has 2 atom stereocenters. The third-order valence-electron chi connectivity index (χ3n) is 8.19. The zero-order valence-corrected chi connectivity index (χ0v) is 22.9. The van der Waals surface area contributed by atoms with E-state index in [0.29, 0.717) is 29.3 Å². The number of dihydropyridines is 1. The van der Waals surface area contributed by atoms with E-state index < -0.39 is 5.92 Å². The van der Waals surface area contributed by atoms with Gasteiger partial charge in [-0.1, -0.05) is 0 Å². The summed E-state index contributed by atoms with van der Waals surface area (Å²) in [4.78, 5) is 35.8. The number of carbonyl (C=O) groups excluding carboxylic acids is 2. The fraction of sp³-hybridized carbons (Fsp3) is 0.571. The van der Waals surface area contributed by atoms with Crippen LogP contribution in [0.5, 0.6) is 0 Å². The van der Waals surface area contributed by atoms with Gasteiger partial charge in [-0.05, 0) is 76.8 Å². The number of carbonyl (C=O) groups is 2. The van der Waals surface area contributed by atoms with E-state index >= 15 is 0 Å². The molecule has 0 spiro atoms. The van der Waals surface area contributed by atoms with Gasteiger partial charge in [0.05, 0.1) is 30.7 Å². The van der Waals surface area contributed by atoms with Crippen LogP contribution in [0.2, 0.25) is 0 Å². The Labute approximate surface area is 222 Å². The van der Waals surface area contributed by atoms with E-state index in [-0.39, 0.29) is 24.4 Å². The number of hydrogen-bond acceptors (Lipinski definition) is 6. The second kappa shape index (κ2) is 11.1. The van der Waals surface area contributed by atoms with Crippen molar-refractivity contribution in [2.45, 2.75) is 64.6 Å². The van der Waals surface area contributed by atoms with Crippen molar-refractivity contribution in [1.82, 2.24) is 20.2 Å². The molecule has 1 saturated heterocycles. The second-order valence-electron chi connectivity index (χ2n) is 10.6. The summed E-state index contributed by atoms with van der Waals surface area (Å²) in [5, 5.41) is 7.62. The minimum atomic E-state index is -0.441. The smallest absolute Gasteiger partial charge is 0.255 e. The summed E-state index contributed by atoms with van der Waals surface area (Å²) in [7, 11) is 0. The number of nitrogens with zero attached hydrogens (tertiary/aromatic N) is 3. The van der Waals surface area contributed by atoms with Crippen molar-refractivity contribution in [3.63, 3.8) is 0 Å². The number of hydrogen-bond donors (Lipinski definition) is 2. The van der Waals surface area contributed by atoms with Gasteiger partial charge in [-0.2, -0.15) is 0 Å². The first-order chi connectivity index (χ1) is 17.9. The van der Waals surface area contributed by atoms with E-state index in [0.717, 1.165) is 60.5 Å². The summed E-state index contributed by atoms with van der Waals surface area (Å²) in [6.45, 7) is 7.99. The summed E-state index contributed by atoms with van der Waals surface area (Å²) in [6.07, 6.45) is 10.3. The van der Waals surface area contributed by atoms with Crippen LogP contribution >= 0.6 is 11.8 Å². The number of thioether (sulfide) groups is 1. The Morgan fingerprint density at radius 2 is 1.97 bits per heavy atom. The molecule has 2 amide bonds. The molecule has 1 aliphatic carbocycles. The van der Waals surface area contributed by atoms with Crippen LogP contribution < -0.4 is 10.6 Å². The zero-order chi connectivity index (χ0) is 26.1. The van der Waals surface area contributed by atoms with Crippen LogP contribution in [-0.2, 0) is 9.53 Å². The van der Waals surface area contributed by atoms with Crippen molar-refractivity contribution in [2.24, 2.45) is 16.8 Å². The van der Waals surface area contributed by atoms with Crippen LogP contribution in [0.25, 0.3) is 11.0 Å². The van der Waals surface area contributed by atoms with Crippen LogP contribution in [0.3, 0.4) is 0 Å². The first kappa shape index (κ1) is 26.1. The quantitative estimate of drug-likeness (QED) is 0.542. The molecule has 0 bridgehead atoms. The van der Waals surface area contributed by atoms with Crippen LogP contribution in [0.4, 0.5) is 0 Å². The number of pyridine rings is 1. The van der Waals surface area contributed by atoms with Crippen LogP contribution in [0, 0.1) is 18.8 Å². The van der Waals surface area contributed by atoms with E-state index in [1.54, 1.807) is 6.20 Å². The molecule has 198 valence electrons. The van der Waals surface area contributed by atoms with Crippen molar-refractivity contribution in [3.8, 4) is 0 Å². The minimum absolute atomic E-state index is 0.170. The van der Waals surface area contributed by atoms with E-state index in [4.69, 9.17) is 9.72 Å². The van der Waals surface area contributed by atoms with Crippen molar-refractivity contribution < 1.29 is 14.3 Å². The van der Waals surface area contributed by atoms with Crippen molar-refractivity contribution in [1.29, 1.82) is 0 Å². The molecule has 1 unspecified atom stereocenters. The van der Waals surface area contributed by atoms with Gasteiger partial charge in [-0.25, -0.2) is 9.98 Å². The van der Waals surface area contributed by atoms with Gasteiger partial charge in [-0.15, -0.1) is 11.8 Å². The largest absolute Gasteiger partial charge is 0.378 e. The highest BCUT2D eigenvalue weighted by atomic mass is 32.2. The van der Waals surface area contributed by atoms with Crippen molar-refractivity contribution in [3.05, 3.63) is 40.6 Å². The number of fused-ring (bicyclic) bond motifs is 1. The lowest BCUT2D eigenvalue weighted by Crippen LogP contribution is -2.51. The molecule has 2 aliphatic heterocycles. The maximum absolute atomic E-state index is 13.5. The predicted octanol–water partition coefficient (Wildman–Crippen LogP) is 4.05. The highest BCUT2D eigenvalue weighted by Crippen LogP contribution is 2.37. The molecule has 2 aromatic rings. The van der Waals surface area contributed by atoms with E-state index in [9.17, 15) is 9.59 Å². The van der Waals surface area contributed by atoms with Gasteiger partial charge in [0, 0.05) is 46.5 Å². The van der Waals surface area contributed by atoms with Gasteiger partial charge in [0.25, 0.3) is 11.8 Å². The molecular weight excluding hydrogens is 486 g/mol. The lowest BCUT2D eigenvalue weighted by atomic mass is 9.81. The molecule has 4 heterocycles. The summed E-state index contributed by atoms with van der Waals surface area (Å²) < 4.78 is 7.57. The Morgan fingerprint density at radius 1 is 1.22 bits per heavy atom. The molecule has 0 aromatic carbocycles. The Morgan fingerprint density at radius 3 is 2.65 bits per heavy atom. The maximum atomic E-state index is 13.5. The molecule has 2 N–H and O–H groups in total. The summed E-state index contributed by atoms with van der Waals surface area (Å²) in [5.74, 6) is -0.285. The Balaban J connectivity index is 1.33. The van der Waals surface area contributed by atoms with Crippen LogP contribution in [-0.4, -0.2) is 65.2 Å². The molecule has 37 heavy (non-hydrogen) atoms. The minimum Gasteiger partial charge on any atom is -0.378 e. The predicted molar refractivity (Wildman–Crippen MR) is 148 cm³/mol. The van der Waals surface area contributed by atoms with Gasteiger partial charge < -0.3 is 19.9 Å². The average Bonchev–Trinajstić information content (AvgIpc) is 3.16. The fourth-order valence-electron chi connectivity index (χ4n) is 6.07. The Bertz CT molecular complexity index is 1240. The van der Waals surface area contributed by atoms with Gasteiger partial charge in [0.2, 0.25) is 0 Å². The normalized spacial score (nSPS) is 25.4. The number of ether oxygens (including phenoxy) is 1. The summed E-state index contributed by atoms with van der Waals surface area (Å²) in [6, 6.07) is 5.17. The molecule has 8 nitrogen and oxygen atoms in total. The van der Waals surface area contributed by atoms with Gasteiger partial charge in [0.1, 0.15) is 5.65 Å². The third-order valence-corrected chi connectivity index (χ3v) is 9.06. The summed E-state index contributed by atoms with van der Waals surface area (Å²) in [5.41, 5.74) is 3.13. The number of nitrogens with one attached hydrogen (secondary N) is 2.